The molecular weight excluding hydrogens is 372 g/mol. The predicted octanol–water partition coefficient (Wildman–Crippen LogP) is 5.26. The quantitative estimate of drug-likeness (QED) is 0.466. The van der Waals surface area contributed by atoms with Gasteiger partial charge < -0.3 is 5.11 Å². The Hall–Kier alpha value is -3.92. The van der Waals surface area contributed by atoms with Crippen LogP contribution in [-0.2, 0) is 17.6 Å². The summed E-state index contributed by atoms with van der Waals surface area (Å²) < 4.78 is 0. The van der Waals surface area contributed by atoms with Crippen molar-refractivity contribution in [2.45, 2.75) is 12.8 Å². The highest BCUT2D eigenvalue weighted by Gasteiger charge is 2.20. The summed E-state index contributed by atoms with van der Waals surface area (Å²) >= 11 is 0. The first-order chi connectivity index (χ1) is 14.7. The van der Waals surface area contributed by atoms with Gasteiger partial charge in [-0.05, 0) is 64.4 Å². The SMILES string of the molecule is O=C(O)/C=C/c1ccc(C(=C2Cc3ccccc3C2)c2ccc3[nH]ncc3c2)cc1. The Labute approximate surface area is 174 Å². The fourth-order valence-electron chi connectivity index (χ4n) is 4.20. The maximum atomic E-state index is 10.8. The molecule has 0 atom stereocenters. The van der Waals surface area contributed by atoms with Gasteiger partial charge in [0, 0.05) is 11.5 Å². The summed E-state index contributed by atoms with van der Waals surface area (Å²) in [5.41, 5.74) is 9.59. The van der Waals surface area contributed by atoms with E-state index in [1.54, 1.807) is 6.08 Å². The molecule has 1 aromatic heterocycles. The average molecular weight is 392 g/mol. The van der Waals surface area contributed by atoms with E-state index in [-0.39, 0.29) is 0 Å². The molecular formula is C26H20N2O2. The minimum atomic E-state index is -0.945. The van der Waals surface area contributed by atoms with Crippen LogP contribution in [0.25, 0.3) is 22.6 Å². The molecule has 4 aromatic rings. The molecule has 4 nitrogen and oxygen atoms in total. The smallest absolute Gasteiger partial charge is 0.328 e. The number of hydrogen-bond donors (Lipinski definition) is 2. The molecule has 0 saturated heterocycles. The summed E-state index contributed by atoms with van der Waals surface area (Å²) in [7, 11) is 0. The number of carboxylic acid groups (broad SMARTS) is 1. The molecule has 1 heterocycles. The summed E-state index contributed by atoms with van der Waals surface area (Å²) in [5, 5.41) is 17.1. The van der Waals surface area contributed by atoms with Gasteiger partial charge in [0.2, 0.25) is 0 Å². The molecule has 5 rings (SSSR count). The first-order valence-electron chi connectivity index (χ1n) is 9.91. The average Bonchev–Trinajstić information content (AvgIpc) is 3.39. The second-order valence-electron chi connectivity index (χ2n) is 7.57. The van der Waals surface area contributed by atoms with E-state index in [4.69, 9.17) is 5.11 Å². The molecule has 0 aliphatic heterocycles. The molecule has 0 bridgehead atoms. The Kier molecular flexibility index (Phi) is 4.52. The van der Waals surface area contributed by atoms with Gasteiger partial charge in [-0.25, -0.2) is 4.79 Å². The molecule has 30 heavy (non-hydrogen) atoms. The summed E-state index contributed by atoms with van der Waals surface area (Å²) in [6.07, 6.45) is 6.51. The third-order valence-corrected chi connectivity index (χ3v) is 5.63. The number of carbonyl (C=O) groups is 1. The molecule has 1 aliphatic carbocycles. The van der Waals surface area contributed by atoms with Crippen molar-refractivity contribution in [3.8, 4) is 0 Å². The fourth-order valence-corrected chi connectivity index (χ4v) is 4.20. The number of rotatable bonds is 4. The third-order valence-electron chi connectivity index (χ3n) is 5.63. The van der Waals surface area contributed by atoms with Crippen LogP contribution in [-0.4, -0.2) is 21.3 Å². The Balaban J connectivity index is 1.62. The van der Waals surface area contributed by atoms with Crippen molar-refractivity contribution in [2.75, 3.05) is 0 Å². The van der Waals surface area contributed by atoms with Gasteiger partial charge in [-0.15, -0.1) is 0 Å². The monoisotopic (exact) mass is 392 g/mol. The maximum absolute atomic E-state index is 10.8. The van der Waals surface area contributed by atoms with E-state index in [2.05, 4.69) is 64.8 Å². The van der Waals surface area contributed by atoms with Crippen molar-refractivity contribution in [3.63, 3.8) is 0 Å². The van der Waals surface area contributed by atoms with Gasteiger partial charge in [0.15, 0.2) is 0 Å². The van der Waals surface area contributed by atoms with Crippen LogP contribution >= 0.6 is 0 Å². The van der Waals surface area contributed by atoms with Crippen LogP contribution < -0.4 is 0 Å². The van der Waals surface area contributed by atoms with Crippen LogP contribution in [0.5, 0.6) is 0 Å². The summed E-state index contributed by atoms with van der Waals surface area (Å²) in [6.45, 7) is 0. The van der Waals surface area contributed by atoms with Gasteiger partial charge in [0.05, 0.1) is 11.7 Å². The molecule has 1 aliphatic rings. The zero-order chi connectivity index (χ0) is 20.5. The van der Waals surface area contributed by atoms with Crippen LogP contribution in [0, 0.1) is 0 Å². The van der Waals surface area contributed by atoms with Crippen LogP contribution in [0.3, 0.4) is 0 Å². The van der Waals surface area contributed by atoms with Crippen molar-refractivity contribution in [1.82, 2.24) is 10.2 Å². The number of nitrogens with zero attached hydrogens (tertiary/aromatic N) is 1. The molecule has 0 amide bonds. The second-order valence-corrected chi connectivity index (χ2v) is 7.57. The van der Waals surface area contributed by atoms with E-state index in [1.807, 2.05) is 18.3 Å². The van der Waals surface area contributed by atoms with E-state index in [1.165, 1.54) is 27.8 Å². The predicted molar refractivity (Wildman–Crippen MR) is 119 cm³/mol. The molecule has 4 heteroatoms. The van der Waals surface area contributed by atoms with Crippen molar-refractivity contribution >= 4 is 28.5 Å². The minimum Gasteiger partial charge on any atom is -0.478 e. The third kappa shape index (κ3) is 3.44. The number of carboxylic acids is 1. The topological polar surface area (TPSA) is 66.0 Å². The van der Waals surface area contributed by atoms with E-state index in [9.17, 15) is 4.79 Å². The van der Waals surface area contributed by atoms with Gasteiger partial charge in [0.1, 0.15) is 0 Å². The number of hydrogen-bond acceptors (Lipinski definition) is 2. The lowest BCUT2D eigenvalue weighted by Gasteiger charge is -2.14. The Morgan fingerprint density at radius 2 is 1.63 bits per heavy atom. The number of benzene rings is 3. The summed E-state index contributed by atoms with van der Waals surface area (Å²) in [6, 6.07) is 23.1. The van der Waals surface area contributed by atoms with Crippen LogP contribution in [0.4, 0.5) is 0 Å². The zero-order valence-electron chi connectivity index (χ0n) is 16.3. The molecule has 3 aromatic carbocycles. The van der Waals surface area contributed by atoms with Crippen molar-refractivity contribution in [1.29, 1.82) is 0 Å². The van der Waals surface area contributed by atoms with Crippen LogP contribution in [0.15, 0.2) is 84.6 Å². The minimum absolute atomic E-state index is 0.866. The number of nitrogens with one attached hydrogen (secondary N) is 1. The number of aromatic nitrogens is 2. The lowest BCUT2D eigenvalue weighted by molar-refractivity contribution is -0.131. The largest absolute Gasteiger partial charge is 0.478 e. The van der Waals surface area contributed by atoms with Crippen LogP contribution in [0.2, 0.25) is 0 Å². The number of H-pyrrole nitrogens is 1. The van der Waals surface area contributed by atoms with Gasteiger partial charge in [-0.1, -0.05) is 60.2 Å². The zero-order valence-corrected chi connectivity index (χ0v) is 16.3. The van der Waals surface area contributed by atoms with Gasteiger partial charge in [-0.2, -0.15) is 5.10 Å². The molecule has 0 spiro atoms. The second kappa shape index (κ2) is 7.48. The van der Waals surface area contributed by atoms with Crippen molar-refractivity contribution in [3.05, 3.63) is 112 Å². The highest BCUT2D eigenvalue weighted by Crippen LogP contribution is 2.36. The normalized spacial score (nSPS) is 13.1. The first kappa shape index (κ1) is 18.1. The van der Waals surface area contributed by atoms with Gasteiger partial charge in [-0.3, -0.25) is 5.10 Å². The summed E-state index contributed by atoms with van der Waals surface area (Å²) in [4.78, 5) is 10.8. The van der Waals surface area contributed by atoms with Gasteiger partial charge >= 0.3 is 5.97 Å². The summed E-state index contributed by atoms with van der Waals surface area (Å²) in [5.74, 6) is -0.945. The Bertz CT molecular complexity index is 1280. The number of aromatic amines is 1. The van der Waals surface area contributed by atoms with Gasteiger partial charge in [0.25, 0.3) is 0 Å². The number of fused-ring (bicyclic) bond motifs is 2. The molecule has 2 N–H and O–H groups in total. The van der Waals surface area contributed by atoms with Crippen LogP contribution in [0.1, 0.15) is 27.8 Å². The maximum Gasteiger partial charge on any atom is 0.328 e. The highest BCUT2D eigenvalue weighted by atomic mass is 16.4. The van der Waals surface area contributed by atoms with E-state index in [0.29, 0.717) is 0 Å². The molecule has 0 fully saturated rings. The number of aliphatic carboxylic acids is 1. The fraction of sp³-hybridized carbons (Fsp3) is 0.0769. The lowest BCUT2D eigenvalue weighted by atomic mass is 9.90. The standard InChI is InChI=1S/C26H20N2O2/c29-25(30)12-7-17-5-8-18(9-6-17)26(21-10-11-24-23(15-21)16-27-28-24)22-13-19-3-1-2-4-20(19)14-22/h1-12,15-16H,13-14H2,(H,27,28)(H,29,30)/b12-7+. The highest BCUT2D eigenvalue weighted by molar-refractivity contribution is 5.90. The van der Waals surface area contributed by atoms with E-state index >= 15 is 0 Å². The van der Waals surface area contributed by atoms with E-state index < -0.39 is 5.97 Å². The lowest BCUT2D eigenvalue weighted by Crippen LogP contribution is -1.96. The molecule has 0 unspecified atom stereocenters. The van der Waals surface area contributed by atoms with E-state index in [0.717, 1.165) is 40.9 Å². The molecule has 146 valence electrons. The number of allylic oxidation sites excluding steroid dienone is 1. The first-order valence-corrected chi connectivity index (χ1v) is 9.91. The van der Waals surface area contributed by atoms with Crippen molar-refractivity contribution in [2.24, 2.45) is 0 Å². The van der Waals surface area contributed by atoms with Crippen molar-refractivity contribution < 1.29 is 9.90 Å². The molecule has 0 radical (unpaired) electrons. The molecule has 0 saturated carbocycles. The Morgan fingerprint density at radius 1 is 0.933 bits per heavy atom. The Morgan fingerprint density at radius 3 is 2.33 bits per heavy atom.